The van der Waals surface area contributed by atoms with Gasteiger partial charge in [0, 0.05) is 6.42 Å². The SMILES string of the molecule is O=CCC(C(=O)O)S(=O)(=O)O. The van der Waals surface area contributed by atoms with Crippen molar-refractivity contribution in [3.8, 4) is 0 Å². The summed E-state index contributed by atoms with van der Waals surface area (Å²) in [7, 11) is -4.66. The standard InChI is InChI=1S/C4H6O6S/c5-2-1-3(4(6)7)11(8,9)10/h2-3H,1H2,(H,6,7)(H,8,9,10). The third-order valence-electron chi connectivity index (χ3n) is 0.945. The van der Waals surface area contributed by atoms with Gasteiger partial charge in [-0.3, -0.25) is 9.35 Å². The fourth-order valence-electron chi connectivity index (χ4n) is 0.437. The summed E-state index contributed by atoms with van der Waals surface area (Å²) in [6.45, 7) is 0. The summed E-state index contributed by atoms with van der Waals surface area (Å²) in [5.74, 6) is -1.74. The summed E-state index contributed by atoms with van der Waals surface area (Å²) >= 11 is 0. The van der Waals surface area contributed by atoms with Crippen molar-refractivity contribution in [3.05, 3.63) is 0 Å². The van der Waals surface area contributed by atoms with Crippen LogP contribution in [0.25, 0.3) is 0 Å². The molecule has 1 atom stereocenters. The Hall–Kier alpha value is -0.950. The van der Waals surface area contributed by atoms with E-state index in [9.17, 15) is 18.0 Å². The lowest BCUT2D eigenvalue weighted by Crippen LogP contribution is -2.29. The first kappa shape index (κ1) is 10.0. The molecule has 0 aromatic heterocycles. The third-order valence-corrected chi connectivity index (χ3v) is 2.06. The van der Waals surface area contributed by atoms with Crippen molar-refractivity contribution in [2.75, 3.05) is 0 Å². The number of aliphatic carboxylic acids is 1. The first-order chi connectivity index (χ1) is 4.89. The van der Waals surface area contributed by atoms with Gasteiger partial charge in [-0.1, -0.05) is 0 Å². The van der Waals surface area contributed by atoms with Crippen molar-refractivity contribution in [2.24, 2.45) is 0 Å². The highest BCUT2D eigenvalue weighted by Gasteiger charge is 2.29. The molecule has 6 nitrogen and oxygen atoms in total. The average Bonchev–Trinajstić information content (AvgIpc) is 1.79. The molecule has 1 unspecified atom stereocenters. The van der Waals surface area contributed by atoms with E-state index >= 15 is 0 Å². The fourth-order valence-corrected chi connectivity index (χ4v) is 1.01. The lowest BCUT2D eigenvalue weighted by molar-refractivity contribution is -0.137. The topological polar surface area (TPSA) is 109 Å². The first-order valence-electron chi connectivity index (χ1n) is 2.52. The summed E-state index contributed by atoms with van der Waals surface area (Å²) < 4.78 is 28.6. The third kappa shape index (κ3) is 3.10. The van der Waals surface area contributed by atoms with E-state index in [0.29, 0.717) is 0 Å². The minimum Gasteiger partial charge on any atom is -0.480 e. The molecule has 11 heavy (non-hydrogen) atoms. The quantitative estimate of drug-likeness (QED) is 0.422. The Morgan fingerprint density at radius 2 is 2.00 bits per heavy atom. The molecule has 0 saturated heterocycles. The minimum atomic E-state index is -4.66. The van der Waals surface area contributed by atoms with Crippen LogP contribution >= 0.6 is 0 Å². The van der Waals surface area contributed by atoms with Crippen LogP contribution in [0, 0.1) is 0 Å². The van der Waals surface area contributed by atoms with Crippen LogP contribution in [0.1, 0.15) is 6.42 Å². The molecule has 64 valence electrons. The van der Waals surface area contributed by atoms with Gasteiger partial charge >= 0.3 is 5.97 Å². The molecule has 0 heterocycles. The zero-order valence-electron chi connectivity index (χ0n) is 5.30. The van der Waals surface area contributed by atoms with Crippen molar-refractivity contribution < 1.29 is 27.7 Å². The van der Waals surface area contributed by atoms with Crippen LogP contribution in [0.5, 0.6) is 0 Å². The summed E-state index contributed by atoms with van der Waals surface area (Å²) in [6.07, 6.45) is -0.624. The maximum absolute atomic E-state index is 10.2. The molecule has 0 aliphatic heterocycles. The average molecular weight is 182 g/mol. The Kier molecular flexibility index (Phi) is 3.15. The molecular weight excluding hydrogens is 176 g/mol. The molecule has 0 aromatic carbocycles. The predicted molar refractivity (Wildman–Crippen MR) is 33.7 cm³/mol. The van der Waals surface area contributed by atoms with E-state index in [1.54, 1.807) is 0 Å². The predicted octanol–water partition coefficient (Wildman–Crippen LogP) is -1.08. The van der Waals surface area contributed by atoms with E-state index < -0.39 is 27.8 Å². The van der Waals surface area contributed by atoms with Gasteiger partial charge in [-0.05, 0) is 0 Å². The van der Waals surface area contributed by atoms with Gasteiger partial charge in [0.25, 0.3) is 10.1 Å². The van der Waals surface area contributed by atoms with E-state index in [0.717, 1.165) is 0 Å². The molecule has 0 bridgehead atoms. The summed E-state index contributed by atoms with van der Waals surface area (Å²) in [5, 5.41) is 6.10. The Balaban J connectivity index is 4.62. The van der Waals surface area contributed by atoms with Crippen LogP contribution < -0.4 is 0 Å². The van der Waals surface area contributed by atoms with Gasteiger partial charge in [0.15, 0.2) is 5.25 Å². The van der Waals surface area contributed by atoms with Gasteiger partial charge in [0.2, 0.25) is 0 Å². The largest absolute Gasteiger partial charge is 0.480 e. The second-order valence-electron chi connectivity index (χ2n) is 1.74. The van der Waals surface area contributed by atoms with Crippen LogP contribution in [0.3, 0.4) is 0 Å². The molecule has 2 N–H and O–H groups in total. The molecule has 0 aromatic rings. The molecule has 7 heteroatoms. The van der Waals surface area contributed by atoms with E-state index in [4.69, 9.17) is 9.66 Å². The summed E-state index contributed by atoms with van der Waals surface area (Å²) in [4.78, 5) is 19.8. The molecule has 0 fully saturated rings. The van der Waals surface area contributed by atoms with Gasteiger partial charge in [0.05, 0.1) is 0 Å². The van der Waals surface area contributed by atoms with Crippen LogP contribution in [-0.2, 0) is 19.7 Å². The first-order valence-corrected chi connectivity index (χ1v) is 4.02. The zero-order valence-corrected chi connectivity index (χ0v) is 6.11. The number of carbonyl (C=O) groups excluding carboxylic acids is 1. The lowest BCUT2D eigenvalue weighted by atomic mass is 10.3. The van der Waals surface area contributed by atoms with Crippen LogP contribution in [0.2, 0.25) is 0 Å². The van der Waals surface area contributed by atoms with Crippen molar-refractivity contribution >= 4 is 22.4 Å². The number of carboxylic acid groups (broad SMARTS) is 1. The second-order valence-corrected chi connectivity index (χ2v) is 3.34. The van der Waals surface area contributed by atoms with Gasteiger partial charge in [-0.25, -0.2) is 0 Å². The van der Waals surface area contributed by atoms with Crippen LogP contribution in [0.4, 0.5) is 0 Å². The summed E-state index contributed by atoms with van der Waals surface area (Å²) in [6, 6.07) is 0. The number of carbonyl (C=O) groups is 2. The van der Waals surface area contributed by atoms with Gasteiger partial charge in [-0.15, -0.1) is 0 Å². The fraction of sp³-hybridized carbons (Fsp3) is 0.500. The van der Waals surface area contributed by atoms with Crippen molar-refractivity contribution in [2.45, 2.75) is 11.7 Å². The molecule has 0 amide bonds. The molecule has 0 aliphatic rings. The van der Waals surface area contributed by atoms with Crippen LogP contribution in [0.15, 0.2) is 0 Å². The Labute approximate surface area is 62.6 Å². The van der Waals surface area contributed by atoms with Crippen LogP contribution in [-0.4, -0.2) is 35.6 Å². The smallest absolute Gasteiger partial charge is 0.324 e. The maximum Gasteiger partial charge on any atom is 0.324 e. The number of carboxylic acids is 1. The highest BCUT2D eigenvalue weighted by Crippen LogP contribution is 2.01. The minimum absolute atomic E-state index is 0.118. The van der Waals surface area contributed by atoms with E-state index in [2.05, 4.69) is 0 Å². The summed E-state index contributed by atoms with van der Waals surface area (Å²) in [5.41, 5.74) is 0. The van der Waals surface area contributed by atoms with Crippen molar-refractivity contribution in [1.82, 2.24) is 0 Å². The monoisotopic (exact) mass is 182 g/mol. The molecule has 0 spiro atoms. The highest BCUT2D eigenvalue weighted by atomic mass is 32.2. The number of hydrogen-bond acceptors (Lipinski definition) is 4. The molecule has 0 saturated carbocycles. The Morgan fingerprint density at radius 1 is 1.55 bits per heavy atom. The molecule has 0 rings (SSSR count). The van der Waals surface area contributed by atoms with Crippen molar-refractivity contribution in [1.29, 1.82) is 0 Å². The van der Waals surface area contributed by atoms with E-state index in [1.807, 2.05) is 0 Å². The molecule has 0 radical (unpaired) electrons. The van der Waals surface area contributed by atoms with Crippen molar-refractivity contribution in [3.63, 3.8) is 0 Å². The number of hydrogen-bond donors (Lipinski definition) is 2. The van der Waals surface area contributed by atoms with Gasteiger partial charge in [0.1, 0.15) is 6.29 Å². The number of aldehydes is 1. The Morgan fingerprint density at radius 3 is 2.09 bits per heavy atom. The van der Waals surface area contributed by atoms with E-state index in [1.165, 1.54) is 0 Å². The second kappa shape index (κ2) is 3.44. The maximum atomic E-state index is 10.2. The lowest BCUT2D eigenvalue weighted by Gasteiger charge is -2.02. The molecular formula is C4H6O6S. The Bertz CT molecular complexity index is 252. The van der Waals surface area contributed by atoms with Gasteiger partial charge < -0.3 is 9.90 Å². The normalized spacial score (nSPS) is 13.9. The van der Waals surface area contributed by atoms with Gasteiger partial charge in [-0.2, -0.15) is 8.42 Å². The van der Waals surface area contributed by atoms with E-state index in [-0.39, 0.29) is 6.29 Å². The molecule has 0 aliphatic carbocycles. The highest BCUT2D eigenvalue weighted by molar-refractivity contribution is 7.87. The number of rotatable bonds is 4. The zero-order chi connectivity index (χ0) is 9.07.